The van der Waals surface area contributed by atoms with Gasteiger partial charge in [0.05, 0.1) is 5.41 Å². The van der Waals surface area contributed by atoms with Crippen molar-refractivity contribution in [1.82, 2.24) is 0 Å². The molecular weight excluding hydrogens is 192 g/mol. The van der Waals surface area contributed by atoms with E-state index >= 15 is 0 Å². The number of ether oxygens (including phenoxy) is 1. The minimum absolute atomic E-state index is 0.338. The van der Waals surface area contributed by atoms with E-state index in [2.05, 4.69) is 0 Å². The van der Waals surface area contributed by atoms with Crippen molar-refractivity contribution in [2.75, 3.05) is 0 Å². The van der Waals surface area contributed by atoms with E-state index in [4.69, 9.17) is 4.74 Å². The molecule has 0 aromatic carbocycles. The highest BCUT2D eigenvalue weighted by atomic mass is 16.6. The summed E-state index contributed by atoms with van der Waals surface area (Å²) in [4.78, 5) is 22.8. The number of rotatable bonds is 6. The minimum Gasteiger partial charge on any atom is -0.393 e. The van der Waals surface area contributed by atoms with Crippen molar-refractivity contribution in [3.63, 3.8) is 0 Å². The molecule has 0 spiro atoms. The van der Waals surface area contributed by atoms with Gasteiger partial charge in [0.2, 0.25) is 0 Å². The first-order chi connectivity index (χ1) is 6.94. The first kappa shape index (κ1) is 14.1. The molecule has 0 aromatic rings. The molecule has 0 fully saturated rings. The number of hydrogen-bond donors (Lipinski definition) is 0. The molecule has 0 bridgehead atoms. The van der Waals surface area contributed by atoms with Gasteiger partial charge in [-0.1, -0.05) is 26.7 Å². The van der Waals surface area contributed by atoms with Gasteiger partial charge in [0.1, 0.15) is 0 Å². The van der Waals surface area contributed by atoms with Gasteiger partial charge in [-0.3, -0.25) is 9.59 Å². The van der Waals surface area contributed by atoms with Crippen LogP contribution in [0.2, 0.25) is 0 Å². The molecule has 0 aromatic heterocycles. The number of unbranched alkanes of at least 4 members (excludes halogenated alkanes) is 1. The van der Waals surface area contributed by atoms with Crippen LogP contribution in [0.3, 0.4) is 0 Å². The van der Waals surface area contributed by atoms with E-state index in [1.807, 2.05) is 27.7 Å². The van der Waals surface area contributed by atoms with Crippen molar-refractivity contribution in [1.29, 1.82) is 0 Å². The Morgan fingerprint density at radius 2 is 1.73 bits per heavy atom. The largest absolute Gasteiger partial charge is 0.393 e. The van der Waals surface area contributed by atoms with Gasteiger partial charge in [-0.15, -0.1) is 0 Å². The van der Waals surface area contributed by atoms with Crippen LogP contribution in [0.25, 0.3) is 0 Å². The van der Waals surface area contributed by atoms with Gasteiger partial charge in [0.15, 0.2) is 0 Å². The summed E-state index contributed by atoms with van der Waals surface area (Å²) in [5.41, 5.74) is -0.545. The second-order valence-electron chi connectivity index (χ2n) is 4.50. The van der Waals surface area contributed by atoms with Crippen molar-refractivity contribution < 1.29 is 14.3 Å². The maximum absolute atomic E-state index is 11.6. The fourth-order valence-electron chi connectivity index (χ4n) is 1.34. The van der Waals surface area contributed by atoms with Crippen molar-refractivity contribution in [3.8, 4) is 0 Å². The second kappa shape index (κ2) is 6.59. The Morgan fingerprint density at radius 1 is 1.13 bits per heavy atom. The van der Waals surface area contributed by atoms with Crippen LogP contribution in [0.4, 0.5) is 0 Å². The summed E-state index contributed by atoms with van der Waals surface area (Å²) in [5, 5.41) is 0. The second-order valence-corrected chi connectivity index (χ2v) is 4.50. The molecule has 0 atom stereocenters. The predicted molar refractivity (Wildman–Crippen MR) is 59.3 cm³/mol. The van der Waals surface area contributed by atoms with Crippen LogP contribution in [0.5, 0.6) is 0 Å². The van der Waals surface area contributed by atoms with E-state index in [1.165, 1.54) is 0 Å². The lowest BCUT2D eigenvalue weighted by Gasteiger charge is -2.20. The molecule has 0 radical (unpaired) electrons. The Labute approximate surface area is 92.2 Å². The Bertz CT molecular complexity index is 219. The fraction of sp³-hybridized carbons (Fsp3) is 0.833. The molecule has 0 aliphatic rings. The third kappa shape index (κ3) is 5.55. The molecular formula is C12H22O3. The van der Waals surface area contributed by atoms with Gasteiger partial charge >= 0.3 is 11.9 Å². The summed E-state index contributed by atoms with van der Waals surface area (Å²) in [7, 11) is 0. The van der Waals surface area contributed by atoms with Crippen LogP contribution in [-0.2, 0) is 14.3 Å². The van der Waals surface area contributed by atoms with E-state index in [9.17, 15) is 9.59 Å². The lowest BCUT2D eigenvalue weighted by molar-refractivity contribution is -0.166. The molecule has 0 heterocycles. The number of carbonyl (C=O) groups is 2. The molecule has 0 saturated carbocycles. The molecule has 3 nitrogen and oxygen atoms in total. The molecule has 0 amide bonds. The molecule has 0 saturated heterocycles. The van der Waals surface area contributed by atoms with Gasteiger partial charge in [-0.05, 0) is 26.7 Å². The van der Waals surface area contributed by atoms with Crippen LogP contribution in [-0.4, -0.2) is 11.9 Å². The first-order valence-corrected chi connectivity index (χ1v) is 5.69. The monoisotopic (exact) mass is 214 g/mol. The van der Waals surface area contributed by atoms with Crippen LogP contribution in [0.1, 0.15) is 59.8 Å². The molecule has 0 aliphatic heterocycles. The average molecular weight is 214 g/mol. The SMILES string of the molecule is CCCCC(=O)OC(=O)C(C)(C)CCC. The van der Waals surface area contributed by atoms with Gasteiger partial charge in [-0.2, -0.15) is 0 Å². The van der Waals surface area contributed by atoms with E-state index in [1.54, 1.807) is 0 Å². The van der Waals surface area contributed by atoms with E-state index in [0.29, 0.717) is 6.42 Å². The Hall–Kier alpha value is -0.860. The lowest BCUT2D eigenvalue weighted by Crippen LogP contribution is -2.28. The van der Waals surface area contributed by atoms with Crippen LogP contribution < -0.4 is 0 Å². The highest BCUT2D eigenvalue weighted by Gasteiger charge is 2.29. The van der Waals surface area contributed by atoms with Crippen molar-refractivity contribution >= 4 is 11.9 Å². The lowest BCUT2D eigenvalue weighted by atomic mass is 9.88. The standard InChI is InChI=1S/C12H22O3/c1-5-7-8-10(13)15-11(14)12(3,4)9-6-2/h5-9H2,1-4H3. The Kier molecular flexibility index (Phi) is 6.21. The average Bonchev–Trinajstić information content (AvgIpc) is 2.14. The Morgan fingerprint density at radius 3 is 2.20 bits per heavy atom. The van der Waals surface area contributed by atoms with E-state index in [-0.39, 0.29) is 0 Å². The van der Waals surface area contributed by atoms with Crippen LogP contribution >= 0.6 is 0 Å². The zero-order valence-electron chi connectivity index (χ0n) is 10.3. The zero-order valence-corrected chi connectivity index (χ0v) is 10.3. The fourth-order valence-corrected chi connectivity index (χ4v) is 1.34. The number of hydrogen-bond acceptors (Lipinski definition) is 3. The third-order valence-electron chi connectivity index (χ3n) is 2.37. The maximum atomic E-state index is 11.6. The summed E-state index contributed by atoms with van der Waals surface area (Å²) < 4.78 is 4.79. The molecule has 88 valence electrons. The van der Waals surface area contributed by atoms with Crippen LogP contribution in [0, 0.1) is 5.41 Å². The number of carbonyl (C=O) groups excluding carboxylic acids is 2. The summed E-state index contributed by atoms with van der Waals surface area (Å²) in [6, 6.07) is 0. The van der Waals surface area contributed by atoms with Gasteiger partial charge < -0.3 is 4.74 Å². The Balaban J connectivity index is 4.06. The smallest absolute Gasteiger partial charge is 0.319 e. The third-order valence-corrected chi connectivity index (χ3v) is 2.37. The van der Waals surface area contributed by atoms with Crippen molar-refractivity contribution in [2.45, 2.75) is 59.8 Å². The van der Waals surface area contributed by atoms with Gasteiger partial charge in [0.25, 0.3) is 0 Å². The maximum Gasteiger partial charge on any atom is 0.319 e. The normalized spacial score (nSPS) is 11.2. The molecule has 3 heteroatoms. The molecule has 0 rings (SSSR count). The van der Waals surface area contributed by atoms with Gasteiger partial charge in [0, 0.05) is 6.42 Å². The number of esters is 2. The van der Waals surface area contributed by atoms with Gasteiger partial charge in [-0.25, -0.2) is 0 Å². The summed E-state index contributed by atoms with van der Waals surface area (Å²) in [6.07, 6.45) is 3.70. The predicted octanol–water partition coefficient (Wildman–Crippen LogP) is 3.07. The highest BCUT2D eigenvalue weighted by molar-refractivity contribution is 5.88. The zero-order chi connectivity index (χ0) is 11.9. The van der Waals surface area contributed by atoms with E-state index < -0.39 is 17.4 Å². The summed E-state index contributed by atoms with van der Waals surface area (Å²) in [5.74, 6) is -0.795. The van der Waals surface area contributed by atoms with E-state index in [0.717, 1.165) is 25.7 Å². The quantitative estimate of drug-likeness (QED) is 0.504. The van der Waals surface area contributed by atoms with Crippen LogP contribution in [0.15, 0.2) is 0 Å². The van der Waals surface area contributed by atoms with Crippen molar-refractivity contribution in [3.05, 3.63) is 0 Å². The molecule has 0 unspecified atom stereocenters. The minimum atomic E-state index is -0.545. The summed E-state index contributed by atoms with van der Waals surface area (Å²) in [6.45, 7) is 7.63. The molecule has 0 aliphatic carbocycles. The van der Waals surface area contributed by atoms with Crippen molar-refractivity contribution in [2.24, 2.45) is 5.41 Å². The molecule has 0 N–H and O–H groups in total. The summed E-state index contributed by atoms with van der Waals surface area (Å²) >= 11 is 0. The first-order valence-electron chi connectivity index (χ1n) is 5.69. The topological polar surface area (TPSA) is 43.4 Å². The molecule has 15 heavy (non-hydrogen) atoms. The highest BCUT2D eigenvalue weighted by Crippen LogP contribution is 2.24.